The first-order chi connectivity index (χ1) is 8.65. The minimum Gasteiger partial charge on any atom is -0.467 e. The average Bonchev–Trinajstić information content (AvgIpc) is 2.36. The van der Waals surface area contributed by atoms with Crippen LogP contribution in [0, 0.1) is 0 Å². The van der Waals surface area contributed by atoms with Crippen LogP contribution in [-0.4, -0.2) is 50.1 Å². The molecule has 6 nitrogen and oxygen atoms in total. The molecule has 0 saturated carbocycles. The maximum Gasteiger partial charge on any atom is 0.335 e. The van der Waals surface area contributed by atoms with Crippen LogP contribution < -0.4 is 0 Å². The first-order valence-corrected chi connectivity index (χ1v) is 6.11. The summed E-state index contributed by atoms with van der Waals surface area (Å²) in [5.41, 5.74) is 0. The first kappa shape index (κ1) is 16.9. The maximum absolute atomic E-state index is 11.2. The molecule has 0 aromatic rings. The lowest BCUT2D eigenvalue weighted by Crippen LogP contribution is -2.27. The van der Waals surface area contributed by atoms with Gasteiger partial charge in [-0.3, -0.25) is 4.79 Å². The highest BCUT2D eigenvalue weighted by Gasteiger charge is 2.18. The molecule has 1 unspecified atom stereocenters. The predicted octanol–water partition coefficient (Wildman–Crippen LogP) is 0.660. The van der Waals surface area contributed by atoms with E-state index in [1.165, 1.54) is 7.11 Å². The molecule has 0 heterocycles. The van der Waals surface area contributed by atoms with E-state index in [1.54, 1.807) is 6.92 Å². The molecule has 106 valence electrons. The third-order valence-corrected chi connectivity index (χ3v) is 2.25. The van der Waals surface area contributed by atoms with E-state index in [1.807, 2.05) is 0 Å². The Morgan fingerprint density at radius 2 is 2.00 bits per heavy atom. The molecule has 1 N–H and O–H groups in total. The molecular formula is C12H22O6. The number of methoxy groups -OCH3 is 1. The lowest BCUT2D eigenvalue weighted by molar-refractivity contribution is -0.155. The van der Waals surface area contributed by atoms with Crippen molar-refractivity contribution in [2.75, 3.05) is 26.9 Å². The van der Waals surface area contributed by atoms with Gasteiger partial charge >= 0.3 is 11.9 Å². The van der Waals surface area contributed by atoms with Crippen LogP contribution in [0.25, 0.3) is 0 Å². The largest absolute Gasteiger partial charge is 0.467 e. The summed E-state index contributed by atoms with van der Waals surface area (Å²) < 4.78 is 14.6. The van der Waals surface area contributed by atoms with E-state index in [4.69, 9.17) is 14.6 Å². The van der Waals surface area contributed by atoms with Crippen LogP contribution in [0.3, 0.4) is 0 Å². The van der Waals surface area contributed by atoms with Crippen molar-refractivity contribution in [2.24, 2.45) is 0 Å². The second-order valence-electron chi connectivity index (χ2n) is 3.66. The smallest absolute Gasteiger partial charge is 0.335 e. The van der Waals surface area contributed by atoms with Gasteiger partial charge in [-0.15, -0.1) is 0 Å². The second-order valence-corrected chi connectivity index (χ2v) is 3.66. The molecular weight excluding hydrogens is 240 g/mol. The van der Waals surface area contributed by atoms with Crippen LogP contribution in [0.1, 0.15) is 32.6 Å². The van der Waals surface area contributed by atoms with Crippen molar-refractivity contribution < 1.29 is 28.9 Å². The lowest BCUT2D eigenvalue weighted by atomic mass is 10.2. The first-order valence-electron chi connectivity index (χ1n) is 6.11. The summed E-state index contributed by atoms with van der Waals surface area (Å²) >= 11 is 0. The standard InChI is InChI=1S/C12H22O6/c1-3-17-11(14)6-4-5-9-18-10(7-8-13)12(15)16-2/h10,13H,3-9H2,1-2H3. The minimum atomic E-state index is -0.734. The fraction of sp³-hybridized carbons (Fsp3) is 0.833. The van der Waals surface area contributed by atoms with Crippen molar-refractivity contribution in [2.45, 2.75) is 38.7 Å². The summed E-state index contributed by atoms with van der Waals surface area (Å²) in [6.07, 6.45) is 1.12. The average molecular weight is 262 g/mol. The van der Waals surface area contributed by atoms with Crippen molar-refractivity contribution in [1.82, 2.24) is 0 Å². The van der Waals surface area contributed by atoms with Crippen molar-refractivity contribution in [3.05, 3.63) is 0 Å². The summed E-state index contributed by atoms with van der Waals surface area (Å²) in [7, 11) is 1.27. The number of rotatable bonds is 10. The van der Waals surface area contributed by atoms with Gasteiger partial charge in [0.05, 0.1) is 13.7 Å². The maximum atomic E-state index is 11.2. The van der Waals surface area contributed by atoms with E-state index in [0.717, 1.165) is 0 Å². The zero-order valence-corrected chi connectivity index (χ0v) is 11.0. The van der Waals surface area contributed by atoms with E-state index >= 15 is 0 Å². The lowest BCUT2D eigenvalue weighted by Gasteiger charge is -2.14. The summed E-state index contributed by atoms with van der Waals surface area (Å²) in [4.78, 5) is 22.3. The third-order valence-electron chi connectivity index (χ3n) is 2.25. The Hall–Kier alpha value is -1.14. The van der Waals surface area contributed by atoms with Crippen molar-refractivity contribution in [3.63, 3.8) is 0 Å². The number of hydrogen-bond donors (Lipinski definition) is 1. The summed E-state index contributed by atoms with van der Waals surface area (Å²) in [6.45, 7) is 2.36. The number of ether oxygens (including phenoxy) is 3. The van der Waals surface area contributed by atoms with Gasteiger partial charge in [-0.05, 0) is 19.8 Å². The number of hydrogen-bond acceptors (Lipinski definition) is 6. The van der Waals surface area contributed by atoms with Crippen LogP contribution in [-0.2, 0) is 23.8 Å². The van der Waals surface area contributed by atoms with E-state index < -0.39 is 12.1 Å². The summed E-state index contributed by atoms with van der Waals surface area (Å²) in [5, 5.41) is 8.77. The van der Waals surface area contributed by atoms with Crippen LogP contribution >= 0.6 is 0 Å². The van der Waals surface area contributed by atoms with Gasteiger partial charge in [-0.25, -0.2) is 4.79 Å². The van der Waals surface area contributed by atoms with Gasteiger partial charge in [-0.2, -0.15) is 0 Å². The van der Waals surface area contributed by atoms with Crippen molar-refractivity contribution in [3.8, 4) is 0 Å². The predicted molar refractivity (Wildman–Crippen MR) is 63.9 cm³/mol. The highest BCUT2D eigenvalue weighted by molar-refractivity contribution is 5.74. The highest BCUT2D eigenvalue weighted by Crippen LogP contribution is 2.04. The normalized spacial score (nSPS) is 11.9. The molecule has 0 aliphatic carbocycles. The molecule has 0 saturated heterocycles. The Morgan fingerprint density at radius 1 is 1.28 bits per heavy atom. The van der Waals surface area contributed by atoms with Gasteiger partial charge in [0.15, 0.2) is 6.10 Å². The summed E-state index contributed by atoms with van der Waals surface area (Å²) in [5.74, 6) is -0.716. The monoisotopic (exact) mass is 262 g/mol. The number of esters is 2. The van der Waals surface area contributed by atoms with Gasteiger partial charge < -0.3 is 19.3 Å². The third kappa shape index (κ3) is 8.03. The van der Waals surface area contributed by atoms with Gasteiger partial charge in [-0.1, -0.05) is 0 Å². The quantitative estimate of drug-likeness (QED) is 0.460. The number of aliphatic hydroxyl groups excluding tert-OH is 1. The zero-order chi connectivity index (χ0) is 13.8. The Bertz CT molecular complexity index is 241. The number of unbranched alkanes of at least 4 members (excludes halogenated alkanes) is 1. The number of aliphatic hydroxyl groups is 1. The Labute approximate surface area is 107 Å². The molecule has 0 aliphatic heterocycles. The van der Waals surface area contributed by atoms with E-state index in [-0.39, 0.29) is 19.0 Å². The van der Waals surface area contributed by atoms with Crippen molar-refractivity contribution in [1.29, 1.82) is 0 Å². The van der Waals surface area contributed by atoms with Crippen LogP contribution in [0.15, 0.2) is 0 Å². The van der Waals surface area contributed by atoms with Gasteiger partial charge in [0.1, 0.15) is 0 Å². The molecule has 0 spiro atoms. The second kappa shape index (κ2) is 11.0. The molecule has 1 atom stereocenters. The topological polar surface area (TPSA) is 82.1 Å². The molecule has 0 rings (SSSR count). The molecule has 0 aromatic heterocycles. The molecule has 6 heteroatoms. The Kier molecular flexibility index (Phi) is 10.3. The van der Waals surface area contributed by atoms with Crippen LogP contribution in [0.2, 0.25) is 0 Å². The van der Waals surface area contributed by atoms with E-state index in [2.05, 4.69) is 4.74 Å². The molecule has 0 amide bonds. The van der Waals surface area contributed by atoms with Gasteiger partial charge in [0.25, 0.3) is 0 Å². The summed E-state index contributed by atoms with van der Waals surface area (Å²) in [6, 6.07) is 0. The molecule has 0 aromatic carbocycles. The molecule has 0 bridgehead atoms. The highest BCUT2D eigenvalue weighted by atomic mass is 16.6. The Morgan fingerprint density at radius 3 is 2.56 bits per heavy atom. The molecule has 0 aliphatic rings. The SMILES string of the molecule is CCOC(=O)CCCCOC(CCO)C(=O)OC. The van der Waals surface area contributed by atoms with E-state index in [9.17, 15) is 9.59 Å². The molecule has 0 fully saturated rings. The van der Waals surface area contributed by atoms with Crippen LogP contribution in [0.4, 0.5) is 0 Å². The fourth-order valence-electron chi connectivity index (χ4n) is 1.35. The minimum absolute atomic E-state index is 0.136. The van der Waals surface area contributed by atoms with Crippen LogP contribution in [0.5, 0.6) is 0 Å². The van der Waals surface area contributed by atoms with Gasteiger partial charge in [0, 0.05) is 26.1 Å². The fourth-order valence-corrected chi connectivity index (χ4v) is 1.35. The molecule has 0 radical (unpaired) electrons. The van der Waals surface area contributed by atoms with Gasteiger partial charge in [0.2, 0.25) is 0 Å². The number of carbonyl (C=O) groups is 2. The van der Waals surface area contributed by atoms with E-state index in [0.29, 0.717) is 32.5 Å². The molecule has 18 heavy (non-hydrogen) atoms. The zero-order valence-electron chi connectivity index (χ0n) is 11.0. The Balaban J connectivity index is 3.67. The number of carbonyl (C=O) groups excluding carboxylic acids is 2. The van der Waals surface area contributed by atoms with Crippen molar-refractivity contribution >= 4 is 11.9 Å².